The smallest absolute Gasteiger partial charge is 0.261 e. The van der Waals surface area contributed by atoms with Crippen molar-refractivity contribution in [2.24, 2.45) is 0 Å². The molecule has 0 unspecified atom stereocenters. The summed E-state index contributed by atoms with van der Waals surface area (Å²) in [7, 11) is 0. The zero-order valence-corrected chi connectivity index (χ0v) is 19.9. The number of benzene rings is 2. The van der Waals surface area contributed by atoms with E-state index in [-0.39, 0.29) is 5.91 Å². The summed E-state index contributed by atoms with van der Waals surface area (Å²) in [6.45, 7) is 9.23. The van der Waals surface area contributed by atoms with Gasteiger partial charge in [0.1, 0.15) is 4.83 Å². The molecule has 6 heteroatoms. The Morgan fingerprint density at radius 3 is 2.58 bits per heavy atom. The predicted octanol–water partition coefficient (Wildman–Crippen LogP) is 4.70. The van der Waals surface area contributed by atoms with E-state index in [9.17, 15) is 4.79 Å². The molecule has 1 fully saturated rings. The third-order valence-corrected chi connectivity index (χ3v) is 7.37. The van der Waals surface area contributed by atoms with Crippen molar-refractivity contribution in [3.05, 3.63) is 76.7 Å². The van der Waals surface area contributed by atoms with Crippen molar-refractivity contribution in [1.29, 1.82) is 0 Å². The van der Waals surface area contributed by atoms with Gasteiger partial charge in [-0.05, 0) is 49.7 Å². The highest BCUT2D eigenvalue weighted by Gasteiger charge is 2.17. The highest BCUT2D eigenvalue weighted by molar-refractivity contribution is 7.20. The number of nitrogens with zero attached hydrogens (tertiary/aromatic N) is 3. The minimum absolute atomic E-state index is 0.00548. The summed E-state index contributed by atoms with van der Waals surface area (Å²) in [4.78, 5) is 24.1. The van der Waals surface area contributed by atoms with Crippen LogP contribution in [0.15, 0.2) is 60.7 Å². The average Bonchev–Trinajstić information content (AvgIpc) is 3.25. The Hall–Kier alpha value is -2.80. The molecule has 2 aromatic heterocycles. The van der Waals surface area contributed by atoms with Crippen LogP contribution in [0.25, 0.3) is 21.1 Å². The lowest BCUT2D eigenvalue weighted by Gasteiger charge is -2.34. The minimum Gasteiger partial charge on any atom is -0.351 e. The molecule has 170 valence electrons. The number of aromatic nitrogens is 1. The SMILES string of the molecule is Cc1ccc2nc3sc(C(=O)NCCCN4CCN(Cc5ccccc5)CC4)cc3cc2c1. The summed E-state index contributed by atoms with van der Waals surface area (Å²) in [5, 5.41) is 5.26. The first-order valence-electron chi connectivity index (χ1n) is 11.7. The molecule has 1 aliphatic heterocycles. The fourth-order valence-electron chi connectivity index (χ4n) is 4.47. The number of nitrogens with one attached hydrogen (secondary N) is 1. The number of piperazine rings is 1. The highest BCUT2D eigenvalue weighted by Crippen LogP contribution is 2.27. The number of fused-ring (bicyclic) bond motifs is 2. The van der Waals surface area contributed by atoms with Crippen LogP contribution in [0.2, 0.25) is 0 Å². The van der Waals surface area contributed by atoms with E-state index in [0.29, 0.717) is 6.54 Å². The second kappa shape index (κ2) is 10.00. The topological polar surface area (TPSA) is 48.5 Å². The van der Waals surface area contributed by atoms with Crippen LogP contribution >= 0.6 is 11.3 Å². The van der Waals surface area contributed by atoms with E-state index in [0.717, 1.165) is 71.7 Å². The number of hydrogen-bond acceptors (Lipinski definition) is 5. The average molecular weight is 459 g/mol. The second-order valence-electron chi connectivity index (χ2n) is 8.90. The molecule has 0 atom stereocenters. The van der Waals surface area contributed by atoms with Gasteiger partial charge in [-0.15, -0.1) is 11.3 Å². The Balaban J connectivity index is 1.07. The molecule has 0 saturated carbocycles. The van der Waals surface area contributed by atoms with Crippen molar-refractivity contribution in [3.63, 3.8) is 0 Å². The molecule has 0 bridgehead atoms. The van der Waals surface area contributed by atoms with Gasteiger partial charge in [-0.3, -0.25) is 9.69 Å². The molecular formula is C27H30N4OS. The van der Waals surface area contributed by atoms with Crippen molar-refractivity contribution in [3.8, 4) is 0 Å². The third kappa shape index (κ3) is 5.41. The number of aryl methyl sites for hydroxylation is 1. The van der Waals surface area contributed by atoms with Crippen molar-refractivity contribution in [2.45, 2.75) is 19.9 Å². The highest BCUT2D eigenvalue weighted by atomic mass is 32.1. The quantitative estimate of drug-likeness (QED) is 0.408. The lowest BCUT2D eigenvalue weighted by molar-refractivity contribution is 0.0951. The van der Waals surface area contributed by atoms with Crippen LogP contribution in [0.1, 0.15) is 27.2 Å². The maximum absolute atomic E-state index is 12.7. The Labute approximate surface area is 199 Å². The molecule has 3 heterocycles. The van der Waals surface area contributed by atoms with Gasteiger partial charge in [0.15, 0.2) is 0 Å². The van der Waals surface area contributed by atoms with Crippen LogP contribution in [-0.4, -0.2) is 60.0 Å². The first-order valence-corrected chi connectivity index (χ1v) is 12.5. The Morgan fingerprint density at radius 2 is 1.76 bits per heavy atom. The second-order valence-corrected chi connectivity index (χ2v) is 9.93. The standard InChI is InChI=1S/C27H30N4OS/c1-20-8-9-24-22(16-20)17-23-18-25(33-27(23)29-24)26(32)28-10-5-11-30-12-14-31(15-13-30)19-21-6-3-2-4-7-21/h2-4,6-9,16-18H,5,10-15,19H2,1H3,(H,28,32). The van der Waals surface area contributed by atoms with Gasteiger partial charge in [0.25, 0.3) is 5.91 Å². The number of thiophene rings is 1. The fourth-order valence-corrected chi connectivity index (χ4v) is 5.41. The van der Waals surface area contributed by atoms with Crippen molar-refractivity contribution in [2.75, 3.05) is 39.3 Å². The van der Waals surface area contributed by atoms with Crippen LogP contribution < -0.4 is 5.32 Å². The summed E-state index contributed by atoms with van der Waals surface area (Å²) >= 11 is 1.47. The predicted molar refractivity (Wildman–Crippen MR) is 137 cm³/mol. The molecule has 1 aliphatic rings. The molecule has 5 nitrogen and oxygen atoms in total. The Kier molecular flexibility index (Phi) is 6.67. The van der Waals surface area contributed by atoms with Crippen molar-refractivity contribution >= 4 is 38.4 Å². The van der Waals surface area contributed by atoms with Crippen LogP contribution in [-0.2, 0) is 6.54 Å². The summed E-state index contributed by atoms with van der Waals surface area (Å²) in [5.74, 6) is 0.00548. The zero-order valence-electron chi connectivity index (χ0n) is 19.1. The van der Waals surface area contributed by atoms with E-state index in [1.54, 1.807) is 0 Å². The number of carbonyl (C=O) groups is 1. The zero-order chi connectivity index (χ0) is 22.6. The van der Waals surface area contributed by atoms with E-state index >= 15 is 0 Å². The monoisotopic (exact) mass is 458 g/mol. The van der Waals surface area contributed by atoms with Gasteiger partial charge < -0.3 is 10.2 Å². The molecule has 1 N–H and O–H groups in total. The van der Waals surface area contributed by atoms with Gasteiger partial charge in [-0.2, -0.15) is 0 Å². The van der Waals surface area contributed by atoms with Gasteiger partial charge in [0.2, 0.25) is 0 Å². The van der Waals surface area contributed by atoms with E-state index < -0.39 is 0 Å². The van der Waals surface area contributed by atoms with Gasteiger partial charge in [-0.1, -0.05) is 42.0 Å². The summed E-state index contributed by atoms with van der Waals surface area (Å²) in [5.41, 5.74) is 3.58. The number of pyridine rings is 1. The van der Waals surface area contributed by atoms with Crippen LogP contribution in [0, 0.1) is 6.92 Å². The van der Waals surface area contributed by atoms with Gasteiger partial charge in [0.05, 0.1) is 10.4 Å². The summed E-state index contributed by atoms with van der Waals surface area (Å²) in [6, 6.07) is 21.1. The molecule has 1 saturated heterocycles. The number of rotatable bonds is 7. The number of hydrogen-bond donors (Lipinski definition) is 1. The number of amides is 1. The molecule has 0 radical (unpaired) electrons. The van der Waals surface area contributed by atoms with Gasteiger partial charge >= 0.3 is 0 Å². The first-order chi connectivity index (χ1) is 16.1. The van der Waals surface area contributed by atoms with E-state index in [2.05, 4.69) is 70.6 Å². The molecule has 5 rings (SSSR count). The maximum Gasteiger partial charge on any atom is 0.261 e. The van der Waals surface area contributed by atoms with E-state index in [4.69, 9.17) is 4.98 Å². The van der Waals surface area contributed by atoms with E-state index in [1.165, 1.54) is 22.5 Å². The van der Waals surface area contributed by atoms with Crippen LogP contribution in [0.5, 0.6) is 0 Å². The minimum atomic E-state index is 0.00548. The molecule has 4 aromatic rings. The van der Waals surface area contributed by atoms with Crippen molar-refractivity contribution in [1.82, 2.24) is 20.1 Å². The van der Waals surface area contributed by atoms with Crippen LogP contribution in [0.4, 0.5) is 0 Å². The fraction of sp³-hybridized carbons (Fsp3) is 0.333. The third-order valence-electron chi connectivity index (χ3n) is 6.33. The van der Waals surface area contributed by atoms with E-state index in [1.807, 2.05) is 12.1 Å². The van der Waals surface area contributed by atoms with Gasteiger partial charge in [-0.25, -0.2) is 4.98 Å². The lowest BCUT2D eigenvalue weighted by Crippen LogP contribution is -2.46. The molecule has 33 heavy (non-hydrogen) atoms. The Bertz CT molecular complexity index is 1250. The molecule has 0 spiro atoms. The maximum atomic E-state index is 12.7. The lowest BCUT2D eigenvalue weighted by atomic mass is 10.1. The number of carbonyl (C=O) groups excluding carboxylic acids is 1. The Morgan fingerprint density at radius 1 is 0.970 bits per heavy atom. The molecule has 0 aliphatic carbocycles. The van der Waals surface area contributed by atoms with Crippen molar-refractivity contribution < 1.29 is 4.79 Å². The molecule has 1 amide bonds. The summed E-state index contributed by atoms with van der Waals surface area (Å²) < 4.78 is 0. The molecular weight excluding hydrogens is 428 g/mol. The summed E-state index contributed by atoms with van der Waals surface area (Å²) in [6.07, 6.45) is 0.969. The van der Waals surface area contributed by atoms with Crippen LogP contribution in [0.3, 0.4) is 0 Å². The molecule has 2 aromatic carbocycles. The first kappa shape index (κ1) is 22.0. The largest absolute Gasteiger partial charge is 0.351 e. The normalized spacial score (nSPS) is 15.3. The van der Waals surface area contributed by atoms with Gasteiger partial charge in [0, 0.05) is 50.0 Å².